The van der Waals surface area contributed by atoms with Crippen LogP contribution in [-0.4, -0.2) is 5.78 Å². The number of nitrogens with two attached hydrogens (primary N) is 1. The number of carbonyl (C=O) groups excluding carboxylic acids is 1. The van der Waals surface area contributed by atoms with E-state index < -0.39 is 17.5 Å². The van der Waals surface area contributed by atoms with E-state index >= 15 is 0 Å². The molecule has 0 saturated heterocycles. The number of alkyl halides is 3. The van der Waals surface area contributed by atoms with Crippen molar-refractivity contribution in [2.75, 3.05) is 5.73 Å². The van der Waals surface area contributed by atoms with Crippen molar-refractivity contribution in [2.24, 2.45) is 0 Å². The van der Waals surface area contributed by atoms with Crippen LogP contribution >= 0.6 is 0 Å². The van der Waals surface area contributed by atoms with Crippen LogP contribution in [0.25, 0.3) is 0 Å². The Kier molecular flexibility index (Phi) is 3.29. The highest BCUT2D eigenvalue weighted by atomic mass is 19.4. The van der Waals surface area contributed by atoms with Gasteiger partial charge in [0.2, 0.25) is 0 Å². The molecular weight excluding hydrogens is 255 g/mol. The first-order valence-corrected chi connectivity index (χ1v) is 5.45. The Morgan fingerprint density at radius 2 is 1.53 bits per heavy atom. The number of anilines is 1. The fourth-order valence-corrected chi connectivity index (χ4v) is 1.68. The zero-order valence-electron chi connectivity index (χ0n) is 9.74. The molecule has 0 saturated carbocycles. The highest BCUT2D eigenvalue weighted by Crippen LogP contribution is 2.30. The standard InChI is InChI=1S/C14H10F3NO/c15-14(16,17)11-5-1-3-9(7-11)13(19)10-4-2-6-12(18)8-10/h1-8H,18H2. The maximum absolute atomic E-state index is 12.6. The number of nitrogen functional groups attached to an aromatic ring is 1. The average Bonchev–Trinajstić information content (AvgIpc) is 2.37. The third-order valence-corrected chi connectivity index (χ3v) is 2.60. The lowest BCUT2D eigenvalue weighted by Gasteiger charge is -2.08. The van der Waals surface area contributed by atoms with E-state index in [9.17, 15) is 18.0 Å². The summed E-state index contributed by atoms with van der Waals surface area (Å²) in [5.74, 6) is -0.488. The van der Waals surface area contributed by atoms with E-state index in [1.165, 1.54) is 24.3 Å². The van der Waals surface area contributed by atoms with Gasteiger partial charge in [-0.05, 0) is 24.3 Å². The van der Waals surface area contributed by atoms with Crippen molar-refractivity contribution in [1.82, 2.24) is 0 Å². The molecule has 0 amide bonds. The molecule has 0 unspecified atom stereocenters. The average molecular weight is 265 g/mol. The van der Waals surface area contributed by atoms with E-state index in [4.69, 9.17) is 5.73 Å². The molecular formula is C14H10F3NO. The predicted molar refractivity (Wildman–Crippen MR) is 65.7 cm³/mol. The lowest BCUT2D eigenvalue weighted by molar-refractivity contribution is -0.137. The van der Waals surface area contributed by atoms with Gasteiger partial charge in [0.05, 0.1) is 5.56 Å². The number of rotatable bonds is 2. The Morgan fingerprint density at radius 3 is 2.11 bits per heavy atom. The quantitative estimate of drug-likeness (QED) is 0.667. The number of hydrogen-bond donors (Lipinski definition) is 1. The van der Waals surface area contributed by atoms with Crippen molar-refractivity contribution < 1.29 is 18.0 Å². The smallest absolute Gasteiger partial charge is 0.399 e. The van der Waals surface area contributed by atoms with Crippen molar-refractivity contribution in [3.05, 3.63) is 65.2 Å². The molecule has 0 spiro atoms. The Hall–Kier alpha value is -2.30. The summed E-state index contributed by atoms with van der Waals surface area (Å²) in [4.78, 5) is 12.1. The van der Waals surface area contributed by atoms with Gasteiger partial charge in [-0.25, -0.2) is 0 Å². The minimum Gasteiger partial charge on any atom is -0.399 e. The van der Waals surface area contributed by atoms with E-state index in [1.54, 1.807) is 12.1 Å². The van der Waals surface area contributed by atoms with Crippen LogP contribution in [0.3, 0.4) is 0 Å². The summed E-state index contributed by atoms with van der Waals surface area (Å²) in [6, 6.07) is 10.4. The molecule has 0 aliphatic heterocycles. The van der Waals surface area contributed by atoms with Crippen molar-refractivity contribution in [3.63, 3.8) is 0 Å². The van der Waals surface area contributed by atoms with Crippen LogP contribution in [0.5, 0.6) is 0 Å². The van der Waals surface area contributed by atoms with Crippen LogP contribution in [0.2, 0.25) is 0 Å². The molecule has 2 rings (SSSR count). The molecule has 0 bridgehead atoms. The molecule has 0 fully saturated rings. The maximum atomic E-state index is 12.6. The molecule has 5 heteroatoms. The molecule has 2 nitrogen and oxygen atoms in total. The number of ketones is 1. The summed E-state index contributed by atoms with van der Waals surface area (Å²) in [7, 11) is 0. The molecule has 0 radical (unpaired) electrons. The molecule has 0 aromatic heterocycles. The predicted octanol–water partition coefficient (Wildman–Crippen LogP) is 3.52. The molecule has 0 heterocycles. The largest absolute Gasteiger partial charge is 0.416 e. The molecule has 2 N–H and O–H groups in total. The lowest BCUT2D eigenvalue weighted by Crippen LogP contribution is -2.08. The summed E-state index contributed by atoms with van der Waals surface area (Å²) < 4.78 is 37.7. The van der Waals surface area contributed by atoms with Gasteiger partial charge in [0.15, 0.2) is 5.78 Å². The zero-order valence-corrected chi connectivity index (χ0v) is 9.74. The number of carbonyl (C=O) groups is 1. The molecule has 2 aromatic rings. The zero-order chi connectivity index (χ0) is 14.0. The second-order valence-electron chi connectivity index (χ2n) is 4.03. The SMILES string of the molecule is Nc1cccc(C(=O)c2cccc(C(F)(F)F)c2)c1. The van der Waals surface area contributed by atoms with Gasteiger partial charge < -0.3 is 5.73 Å². The Balaban J connectivity index is 2.40. The first-order chi connectivity index (χ1) is 8.88. The maximum Gasteiger partial charge on any atom is 0.416 e. The summed E-state index contributed by atoms with van der Waals surface area (Å²) >= 11 is 0. The van der Waals surface area contributed by atoms with Crippen molar-refractivity contribution in [2.45, 2.75) is 6.18 Å². The van der Waals surface area contributed by atoms with Gasteiger partial charge in [0.1, 0.15) is 0 Å². The Labute approximate surface area is 107 Å². The summed E-state index contributed by atoms with van der Waals surface area (Å²) in [5.41, 5.74) is 5.33. The third kappa shape index (κ3) is 2.93. The van der Waals surface area contributed by atoms with E-state index in [0.717, 1.165) is 12.1 Å². The van der Waals surface area contributed by atoms with Gasteiger partial charge in [-0.15, -0.1) is 0 Å². The topological polar surface area (TPSA) is 43.1 Å². The number of halogens is 3. The monoisotopic (exact) mass is 265 g/mol. The van der Waals surface area contributed by atoms with Crippen molar-refractivity contribution in [3.8, 4) is 0 Å². The van der Waals surface area contributed by atoms with Crippen LogP contribution in [0.15, 0.2) is 48.5 Å². The van der Waals surface area contributed by atoms with Gasteiger partial charge in [-0.3, -0.25) is 4.79 Å². The van der Waals surface area contributed by atoms with E-state index in [0.29, 0.717) is 5.69 Å². The first-order valence-electron chi connectivity index (χ1n) is 5.45. The molecule has 2 aromatic carbocycles. The lowest BCUT2D eigenvalue weighted by atomic mass is 10.0. The highest BCUT2D eigenvalue weighted by molar-refractivity contribution is 6.09. The van der Waals surface area contributed by atoms with Crippen LogP contribution in [-0.2, 0) is 6.18 Å². The fraction of sp³-hybridized carbons (Fsp3) is 0.0714. The van der Waals surface area contributed by atoms with E-state index in [-0.39, 0.29) is 11.1 Å². The molecule has 0 aliphatic carbocycles. The normalized spacial score (nSPS) is 11.3. The highest BCUT2D eigenvalue weighted by Gasteiger charge is 2.30. The minimum atomic E-state index is -4.47. The van der Waals surface area contributed by atoms with Crippen LogP contribution in [0.4, 0.5) is 18.9 Å². The number of hydrogen-bond acceptors (Lipinski definition) is 2. The second kappa shape index (κ2) is 4.76. The molecule has 19 heavy (non-hydrogen) atoms. The first kappa shape index (κ1) is 13.1. The van der Waals surface area contributed by atoms with Gasteiger partial charge in [0.25, 0.3) is 0 Å². The fourth-order valence-electron chi connectivity index (χ4n) is 1.68. The molecule has 98 valence electrons. The van der Waals surface area contributed by atoms with Crippen molar-refractivity contribution in [1.29, 1.82) is 0 Å². The number of benzene rings is 2. The second-order valence-corrected chi connectivity index (χ2v) is 4.03. The summed E-state index contributed by atoms with van der Waals surface area (Å²) in [6.45, 7) is 0. The van der Waals surface area contributed by atoms with E-state index in [2.05, 4.69) is 0 Å². The Bertz CT molecular complexity index is 620. The molecule has 0 atom stereocenters. The van der Waals surface area contributed by atoms with Crippen molar-refractivity contribution >= 4 is 11.5 Å². The van der Waals surface area contributed by atoms with Crippen LogP contribution in [0, 0.1) is 0 Å². The molecule has 0 aliphatic rings. The van der Waals surface area contributed by atoms with Gasteiger partial charge in [-0.2, -0.15) is 13.2 Å². The van der Waals surface area contributed by atoms with E-state index in [1.807, 2.05) is 0 Å². The minimum absolute atomic E-state index is 0.0135. The van der Waals surface area contributed by atoms with Gasteiger partial charge >= 0.3 is 6.18 Å². The van der Waals surface area contributed by atoms with Crippen LogP contribution < -0.4 is 5.73 Å². The third-order valence-electron chi connectivity index (χ3n) is 2.60. The van der Waals surface area contributed by atoms with Gasteiger partial charge in [-0.1, -0.05) is 24.3 Å². The Morgan fingerprint density at radius 1 is 0.947 bits per heavy atom. The summed E-state index contributed by atoms with van der Waals surface area (Å²) in [5, 5.41) is 0. The van der Waals surface area contributed by atoms with Gasteiger partial charge in [0, 0.05) is 16.8 Å². The summed E-state index contributed by atoms with van der Waals surface area (Å²) in [6.07, 6.45) is -4.47. The van der Waals surface area contributed by atoms with Crippen LogP contribution in [0.1, 0.15) is 21.5 Å².